The number of methoxy groups -OCH3 is 1. The molecule has 5 rings (SSSR count). The van der Waals surface area contributed by atoms with Crippen molar-refractivity contribution in [1.82, 2.24) is 24.4 Å². The maximum Gasteiger partial charge on any atom is 0.333 e. The number of hydrogen-bond donors (Lipinski definition) is 1. The lowest BCUT2D eigenvalue weighted by Crippen LogP contribution is -2.50. The number of piperazine rings is 1. The number of amides is 1. The summed E-state index contributed by atoms with van der Waals surface area (Å²) in [6.07, 6.45) is 2.62. The number of carbonyl (C=O) groups excluding carboxylic acids is 1. The van der Waals surface area contributed by atoms with Crippen LogP contribution < -0.4 is 20.9 Å². The minimum Gasteiger partial charge on any atom is -0.497 e. The van der Waals surface area contributed by atoms with Crippen LogP contribution in [-0.2, 0) is 0 Å². The summed E-state index contributed by atoms with van der Waals surface area (Å²) in [6.45, 7) is 1.69. The van der Waals surface area contributed by atoms with Gasteiger partial charge in [0.1, 0.15) is 29.3 Å². The van der Waals surface area contributed by atoms with Gasteiger partial charge >= 0.3 is 5.69 Å². The van der Waals surface area contributed by atoms with Crippen molar-refractivity contribution in [1.29, 1.82) is 0 Å². The van der Waals surface area contributed by atoms with Crippen LogP contribution >= 0.6 is 0 Å². The van der Waals surface area contributed by atoms with Crippen molar-refractivity contribution < 1.29 is 13.9 Å². The molecule has 3 heterocycles. The molecule has 0 radical (unpaired) electrons. The average molecular weight is 503 g/mol. The van der Waals surface area contributed by atoms with Gasteiger partial charge in [0, 0.05) is 44.0 Å². The first-order valence-corrected chi connectivity index (χ1v) is 11.6. The zero-order valence-corrected chi connectivity index (χ0v) is 19.9. The molecule has 1 aliphatic heterocycles. The van der Waals surface area contributed by atoms with Gasteiger partial charge in [-0.05, 0) is 48.5 Å². The van der Waals surface area contributed by atoms with Crippen molar-refractivity contribution in [2.45, 2.75) is 0 Å². The number of anilines is 1. The number of carbonyl (C=O) groups is 1. The van der Waals surface area contributed by atoms with Crippen molar-refractivity contribution in [2.24, 2.45) is 0 Å². The molecule has 1 amide bonds. The lowest BCUT2D eigenvalue weighted by atomic mass is 10.1. The molecular weight excluding hydrogens is 479 g/mol. The second-order valence-corrected chi connectivity index (χ2v) is 8.39. The van der Waals surface area contributed by atoms with Gasteiger partial charge in [-0.3, -0.25) is 9.59 Å². The highest BCUT2D eigenvalue weighted by molar-refractivity contribution is 5.93. The first kappa shape index (κ1) is 23.9. The third kappa shape index (κ3) is 4.83. The van der Waals surface area contributed by atoms with Crippen molar-refractivity contribution in [2.75, 3.05) is 38.2 Å². The van der Waals surface area contributed by atoms with E-state index in [1.807, 2.05) is 11.0 Å². The molecule has 0 unspecified atom stereocenters. The molecule has 0 atom stereocenters. The number of nitrogens with zero attached hydrogens (tertiary/aromatic N) is 5. The van der Waals surface area contributed by atoms with E-state index in [9.17, 15) is 18.8 Å². The highest BCUT2D eigenvalue weighted by Gasteiger charge is 2.26. The molecule has 4 aromatic rings. The number of hydrogen-bond acceptors (Lipinski definition) is 7. The van der Waals surface area contributed by atoms with Gasteiger partial charge < -0.3 is 19.5 Å². The van der Waals surface area contributed by atoms with Crippen LogP contribution in [0.3, 0.4) is 0 Å². The summed E-state index contributed by atoms with van der Waals surface area (Å²) in [5.41, 5.74) is 0.302. The van der Waals surface area contributed by atoms with E-state index in [0.717, 1.165) is 10.1 Å². The van der Waals surface area contributed by atoms with E-state index in [2.05, 4.69) is 15.0 Å². The average Bonchev–Trinajstić information content (AvgIpc) is 2.94. The normalized spacial score (nSPS) is 13.5. The van der Waals surface area contributed by atoms with Gasteiger partial charge in [-0.25, -0.2) is 23.7 Å². The van der Waals surface area contributed by atoms with Crippen LogP contribution in [0, 0.1) is 5.82 Å². The maximum atomic E-state index is 13.3. The van der Waals surface area contributed by atoms with Crippen LogP contribution in [0.5, 0.6) is 5.75 Å². The van der Waals surface area contributed by atoms with E-state index in [0.29, 0.717) is 49.1 Å². The number of aromatic nitrogens is 4. The summed E-state index contributed by atoms with van der Waals surface area (Å²) >= 11 is 0. The minimum absolute atomic E-state index is 0.121. The van der Waals surface area contributed by atoms with Gasteiger partial charge in [0.25, 0.3) is 11.5 Å². The molecule has 2 aromatic heterocycles. The van der Waals surface area contributed by atoms with E-state index < -0.39 is 17.2 Å². The first-order valence-electron chi connectivity index (χ1n) is 11.6. The SMILES string of the molecule is COc1ccc(-n2c(=O)[nH]cc(C(=O)N3CCN(c4cc(-c5ccc(F)cc5)ncn4)CC3)c2=O)cc1. The van der Waals surface area contributed by atoms with Gasteiger partial charge in [-0.1, -0.05) is 0 Å². The van der Waals surface area contributed by atoms with E-state index in [1.54, 1.807) is 41.3 Å². The molecule has 10 nitrogen and oxygen atoms in total. The molecular formula is C26H23FN6O4. The number of halogens is 1. The molecule has 1 fully saturated rings. The van der Waals surface area contributed by atoms with Gasteiger partial charge in [0.05, 0.1) is 18.5 Å². The molecule has 11 heteroatoms. The van der Waals surface area contributed by atoms with Crippen molar-refractivity contribution in [3.63, 3.8) is 0 Å². The second-order valence-electron chi connectivity index (χ2n) is 8.39. The number of nitrogens with one attached hydrogen (secondary N) is 1. The largest absolute Gasteiger partial charge is 0.497 e. The fourth-order valence-electron chi connectivity index (χ4n) is 4.20. The van der Waals surface area contributed by atoms with Crippen molar-refractivity contribution in [3.05, 3.63) is 99.3 Å². The molecule has 1 N–H and O–H groups in total. The fourth-order valence-corrected chi connectivity index (χ4v) is 4.20. The Kier molecular flexibility index (Phi) is 6.50. The van der Waals surface area contributed by atoms with Crippen molar-refractivity contribution in [3.8, 4) is 22.7 Å². The highest BCUT2D eigenvalue weighted by Crippen LogP contribution is 2.22. The van der Waals surface area contributed by atoms with Crippen LogP contribution in [0.25, 0.3) is 16.9 Å². The summed E-state index contributed by atoms with van der Waals surface area (Å²) < 4.78 is 19.3. The molecule has 1 saturated heterocycles. The minimum atomic E-state index is -0.693. The molecule has 0 spiro atoms. The molecule has 0 bridgehead atoms. The molecule has 188 valence electrons. The van der Waals surface area contributed by atoms with Crippen LogP contribution in [-0.4, -0.2) is 63.6 Å². The summed E-state index contributed by atoms with van der Waals surface area (Å²) in [4.78, 5) is 53.5. The topological polar surface area (TPSA) is 113 Å². The Bertz CT molecular complexity index is 1540. The lowest BCUT2D eigenvalue weighted by Gasteiger charge is -2.35. The highest BCUT2D eigenvalue weighted by atomic mass is 19.1. The number of aromatic amines is 1. The summed E-state index contributed by atoms with van der Waals surface area (Å²) in [7, 11) is 1.52. The van der Waals surface area contributed by atoms with E-state index in [1.165, 1.54) is 31.8 Å². The Morgan fingerprint density at radius 1 is 0.973 bits per heavy atom. The standard InChI is InChI=1S/C26H23FN6O4/c1-37-20-8-6-19(7-9-20)33-25(35)21(15-28-26(33)36)24(34)32-12-10-31(11-13-32)23-14-22(29-16-30-23)17-2-4-18(27)5-3-17/h2-9,14-16H,10-13H2,1H3,(H,28,36). The molecule has 2 aromatic carbocycles. The number of benzene rings is 2. The van der Waals surface area contributed by atoms with E-state index in [-0.39, 0.29) is 11.4 Å². The monoisotopic (exact) mass is 502 g/mol. The predicted molar refractivity (Wildman–Crippen MR) is 135 cm³/mol. The Balaban J connectivity index is 1.32. The quantitative estimate of drug-likeness (QED) is 0.445. The smallest absolute Gasteiger partial charge is 0.333 e. The van der Waals surface area contributed by atoms with Gasteiger partial charge in [0.15, 0.2) is 0 Å². The lowest BCUT2D eigenvalue weighted by molar-refractivity contribution is 0.0743. The number of rotatable bonds is 5. The molecule has 0 saturated carbocycles. The van der Waals surface area contributed by atoms with Gasteiger partial charge in [-0.2, -0.15) is 0 Å². The zero-order valence-electron chi connectivity index (χ0n) is 19.9. The van der Waals surface area contributed by atoms with Crippen LogP contribution in [0.2, 0.25) is 0 Å². The third-order valence-corrected chi connectivity index (χ3v) is 6.22. The van der Waals surface area contributed by atoms with E-state index in [4.69, 9.17) is 4.74 Å². The van der Waals surface area contributed by atoms with Crippen LogP contribution in [0.15, 0.2) is 76.7 Å². The Morgan fingerprint density at radius 2 is 1.68 bits per heavy atom. The number of H-pyrrole nitrogens is 1. The van der Waals surface area contributed by atoms with E-state index >= 15 is 0 Å². The zero-order chi connectivity index (χ0) is 25.9. The molecule has 37 heavy (non-hydrogen) atoms. The summed E-state index contributed by atoms with van der Waals surface area (Å²) in [5.74, 6) is 0.481. The number of ether oxygens (including phenoxy) is 1. The van der Waals surface area contributed by atoms with Crippen LogP contribution in [0.4, 0.5) is 10.2 Å². The third-order valence-electron chi connectivity index (χ3n) is 6.22. The van der Waals surface area contributed by atoms with Gasteiger partial charge in [-0.15, -0.1) is 0 Å². The second kappa shape index (κ2) is 10.1. The Morgan fingerprint density at radius 3 is 2.35 bits per heavy atom. The fraction of sp³-hybridized carbons (Fsp3) is 0.192. The predicted octanol–water partition coefficient (Wildman–Crippen LogP) is 2.09. The summed E-state index contributed by atoms with van der Waals surface area (Å²) in [6, 6.07) is 14.3. The van der Waals surface area contributed by atoms with Gasteiger partial charge in [0.2, 0.25) is 0 Å². The summed E-state index contributed by atoms with van der Waals surface area (Å²) in [5, 5.41) is 0. The van der Waals surface area contributed by atoms with Crippen molar-refractivity contribution >= 4 is 11.7 Å². The maximum absolute atomic E-state index is 13.3. The van der Waals surface area contributed by atoms with Crippen LogP contribution in [0.1, 0.15) is 10.4 Å². The Hall–Kier alpha value is -4.80. The molecule has 0 aliphatic carbocycles. The Labute approximate surface area is 210 Å². The first-order chi connectivity index (χ1) is 17.9. The molecule has 1 aliphatic rings.